The molecular formula is C47H28N2O2. The third-order valence-electron chi connectivity index (χ3n) is 10.3. The molecule has 0 saturated heterocycles. The minimum atomic E-state index is 0.894. The Morgan fingerprint density at radius 2 is 0.902 bits per heavy atom. The van der Waals surface area contributed by atoms with Crippen LogP contribution in [0.25, 0.3) is 87.5 Å². The van der Waals surface area contributed by atoms with E-state index in [4.69, 9.17) is 13.8 Å². The minimum absolute atomic E-state index is 0.894. The molecule has 0 unspecified atom stereocenters. The van der Waals surface area contributed by atoms with Gasteiger partial charge in [0.1, 0.15) is 22.3 Å². The van der Waals surface area contributed by atoms with E-state index in [2.05, 4.69) is 132 Å². The van der Waals surface area contributed by atoms with Crippen LogP contribution in [0.15, 0.2) is 179 Å². The first-order valence-electron chi connectivity index (χ1n) is 17.2. The third-order valence-corrected chi connectivity index (χ3v) is 10.3. The molecule has 0 N–H and O–H groups in total. The lowest BCUT2D eigenvalue weighted by atomic mass is 10.0. The van der Waals surface area contributed by atoms with Crippen molar-refractivity contribution >= 4 is 93.4 Å². The number of pyridine rings is 1. The Balaban J connectivity index is 1.12. The van der Waals surface area contributed by atoms with Gasteiger partial charge in [0.25, 0.3) is 0 Å². The van der Waals surface area contributed by atoms with Crippen molar-refractivity contribution in [1.82, 2.24) is 4.98 Å². The Hall–Kier alpha value is -6.91. The molecule has 0 aliphatic carbocycles. The summed E-state index contributed by atoms with van der Waals surface area (Å²) in [6.07, 6.45) is 1.96. The van der Waals surface area contributed by atoms with Crippen LogP contribution in [0.4, 0.5) is 17.1 Å². The quantitative estimate of drug-likeness (QED) is 0.190. The number of rotatable bonds is 4. The maximum atomic E-state index is 6.50. The predicted octanol–water partition coefficient (Wildman–Crippen LogP) is 13.5. The number of para-hydroxylation sites is 3. The van der Waals surface area contributed by atoms with Gasteiger partial charge in [0, 0.05) is 66.5 Å². The Morgan fingerprint density at radius 1 is 0.373 bits per heavy atom. The lowest BCUT2D eigenvalue weighted by Gasteiger charge is -2.26. The van der Waals surface area contributed by atoms with Crippen molar-refractivity contribution in [3.8, 4) is 11.1 Å². The van der Waals surface area contributed by atoms with E-state index in [-0.39, 0.29) is 0 Å². The fraction of sp³-hybridized carbons (Fsp3) is 0. The molecule has 0 aliphatic rings. The summed E-state index contributed by atoms with van der Waals surface area (Å²) in [5, 5.41) is 10.0. The molecule has 0 saturated carbocycles. The fourth-order valence-electron chi connectivity index (χ4n) is 7.74. The Morgan fingerprint density at radius 3 is 1.53 bits per heavy atom. The van der Waals surface area contributed by atoms with Gasteiger partial charge in [-0.3, -0.25) is 4.98 Å². The first-order valence-corrected chi connectivity index (χ1v) is 17.2. The summed E-state index contributed by atoms with van der Waals surface area (Å²) in [6.45, 7) is 0. The largest absolute Gasteiger partial charge is 0.455 e. The summed E-state index contributed by atoms with van der Waals surface area (Å²) >= 11 is 0. The van der Waals surface area contributed by atoms with Crippen molar-refractivity contribution in [2.45, 2.75) is 0 Å². The molecule has 3 aromatic heterocycles. The Kier molecular flexibility index (Phi) is 5.92. The summed E-state index contributed by atoms with van der Waals surface area (Å²) < 4.78 is 13.0. The molecule has 0 atom stereocenters. The van der Waals surface area contributed by atoms with Gasteiger partial charge in [-0.2, -0.15) is 0 Å². The highest BCUT2D eigenvalue weighted by molar-refractivity contribution is 6.17. The van der Waals surface area contributed by atoms with Crippen LogP contribution in [0.3, 0.4) is 0 Å². The molecule has 0 bridgehead atoms. The Labute approximate surface area is 292 Å². The first-order chi connectivity index (χ1) is 25.2. The summed E-state index contributed by atoms with van der Waals surface area (Å²) in [4.78, 5) is 7.04. The van der Waals surface area contributed by atoms with E-state index >= 15 is 0 Å². The Bertz CT molecular complexity index is 3000. The van der Waals surface area contributed by atoms with Crippen LogP contribution in [0.5, 0.6) is 0 Å². The maximum Gasteiger partial charge on any atom is 0.143 e. The average Bonchev–Trinajstić information content (AvgIpc) is 3.77. The van der Waals surface area contributed by atoms with Crippen LogP contribution in [0.2, 0.25) is 0 Å². The van der Waals surface area contributed by atoms with Crippen LogP contribution < -0.4 is 4.90 Å². The number of fused-ring (bicyclic) bond motifs is 11. The summed E-state index contributed by atoms with van der Waals surface area (Å²) in [7, 11) is 0. The van der Waals surface area contributed by atoms with Crippen molar-refractivity contribution in [3.05, 3.63) is 170 Å². The van der Waals surface area contributed by atoms with E-state index < -0.39 is 0 Å². The highest BCUT2D eigenvalue weighted by atomic mass is 16.3. The lowest BCUT2D eigenvalue weighted by molar-refractivity contribution is 0.672. The molecule has 0 radical (unpaired) electrons. The van der Waals surface area contributed by atoms with Crippen LogP contribution in [0, 0.1) is 0 Å². The van der Waals surface area contributed by atoms with Crippen LogP contribution >= 0.6 is 0 Å². The summed E-state index contributed by atoms with van der Waals surface area (Å²) in [5.41, 5.74) is 9.89. The van der Waals surface area contributed by atoms with E-state index in [1.165, 1.54) is 0 Å². The summed E-state index contributed by atoms with van der Waals surface area (Å²) in [6, 6.07) is 57.7. The van der Waals surface area contributed by atoms with Crippen molar-refractivity contribution in [1.29, 1.82) is 0 Å². The predicted molar refractivity (Wildman–Crippen MR) is 211 cm³/mol. The fourth-order valence-corrected chi connectivity index (χ4v) is 7.74. The van der Waals surface area contributed by atoms with Gasteiger partial charge in [0.2, 0.25) is 0 Å². The standard InChI is InChI=1S/C47H28N2O2/c1-4-10-43-32(7-1)25-33(28-48-43)29-13-19-34(20-14-29)49(35-21-15-30-17-23-39-37-8-2-5-11-44(37)50-46(39)41(30)26-35)36-22-16-31-18-24-40-38-9-3-6-12-45(38)51-47(40)42(31)27-36/h1-28H. The number of hydrogen-bond donors (Lipinski definition) is 0. The van der Waals surface area contributed by atoms with Gasteiger partial charge in [-0.05, 0) is 89.1 Å². The van der Waals surface area contributed by atoms with Crippen molar-refractivity contribution in [3.63, 3.8) is 0 Å². The van der Waals surface area contributed by atoms with Crippen LogP contribution in [0.1, 0.15) is 0 Å². The third kappa shape index (κ3) is 4.37. The molecule has 3 heterocycles. The van der Waals surface area contributed by atoms with Gasteiger partial charge in [0.05, 0.1) is 5.52 Å². The zero-order chi connectivity index (χ0) is 33.5. The molecule has 8 aromatic carbocycles. The molecule has 51 heavy (non-hydrogen) atoms. The van der Waals surface area contributed by atoms with Crippen molar-refractivity contribution in [2.75, 3.05) is 4.90 Å². The number of hydrogen-bond acceptors (Lipinski definition) is 4. The molecule has 0 spiro atoms. The average molecular weight is 653 g/mol. The SMILES string of the molecule is c1ccc2ncc(-c3ccc(N(c4ccc5ccc6c7ccccc7oc6c5c4)c4ccc5ccc6c7ccccc7oc6c5c4)cc3)cc2c1. The van der Waals surface area contributed by atoms with E-state index in [0.29, 0.717) is 0 Å². The van der Waals surface area contributed by atoms with Gasteiger partial charge in [-0.25, -0.2) is 0 Å². The molecule has 4 heteroatoms. The monoisotopic (exact) mass is 652 g/mol. The zero-order valence-corrected chi connectivity index (χ0v) is 27.4. The second-order valence-corrected chi connectivity index (χ2v) is 13.2. The molecular weight excluding hydrogens is 625 g/mol. The van der Waals surface area contributed by atoms with E-state index in [0.717, 1.165) is 105 Å². The number of benzene rings is 8. The lowest BCUT2D eigenvalue weighted by Crippen LogP contribution is -2.10. The molecule has 0 amide bonds. The second-order valence-electron chi connectivity index (χ2n) is 13.2. The summed E-state index contributed by atoms with van der Waals surface area (Å²) in [5.74, 6) is 0. The van der Waals surface area contributed by atoms with Gasteiger partial charge in [-0.15, -0.1) is 0 Å². The molecule has 0 aliphatic heterocycles. The highest BCUT2D eigenvalue weighted by Crippen LogP contribution is 2.42. The van der Waals surface area contributed by atoms with E-state index in [1.807, 2.05) is 42.6 Å². The molecule has 11 aromatic rings. The molecule has 0 fully saturated rings. The normalized spacial score (nSPS) is 11.9. The van der Waals surface area contributed by atoms with Crippen LogP contribution in [-0.4, -0.2) is 4.98 Å². The number of anilines is 3. The maximum absolute atomic E-state index is 6.50. The molecule has 238 valence electrons. The molecule has 11 rings (SSSR count). The topological polar surface area (TPSA) is 42.4 Å². The highest BCUT2D eigenvalue weighted by Gasteiger charge is 2.18. The van der Waals surface area contributed by atoms with Gasteiger partial charge in [0.15, 0.2) is 0 Å². The number of aromatic nitrogens is 1. The van der Waals surface area contributed by atoms with Crippen molar-refractivity contribution < 1.29 is 8.83 Å². The number of nitrogens with zero attached hydrogens (tertiary/aromatic N) is 2. The van der Waals surface area contributed by atoms with Gasteiger partial charge < -0.3 is 13.7 Å². The van der Waals surface area contributed by atoms with Crippen molar-refractivity contribution in [2.24, 2.45) is 0 Å². The second kappa shape index (κ2) is 10.8. The first kappa shape index (κ1) is 28.0. The van der Waals surface area contributed by atoms with Gasteiger partial charge in [-0.1, -0.05) is 91.0 Å². The van der Waals surface area contributed by atoms with E-state index in [1.54, 1.807) is 0 Å². The van der Waals surface area contributed by atoms with Crippen LogP contribution in [-0.2, 0) is 0 Å². The minimum Gasteiger partial charge on any atom is -0.455 e. The smallest absolute Gasteiger partial charge is 0.143 e. The van der Waals surface area contributed by atoms with Gasteiger partial charge >= 0.3 is 0 Å². The molecule has 4 nitrogen and oxygen atoms in total. The zero-order valence-electron chi connectivity index (χ0n) is 27.4. The van der Waals surface area contributed by atoms with E-state index in [9.17, 15) is 0 Å². The number of furan rings is 2.